The van der Waals surface area contributed by atoms with Gasteiger partial charge in [0.05, 0.1) is 23.3 Å². The van der Waals surface area contributed by atoms with Gasteiger partial charge >= 0.3 is 21.1 Å². The average molecular weight is 600 g/mol. The van der Waals surface area contributed by atoms with Crippen molar-refractivity contribution in [2.45, 2.75) is 77.5 Å². The first-order valence-corrected chi connectivity index (χ1v) is 9.97. The van der Waals surface area contributed by atoms with Crippen LogP contribution in [0.15, 0.2) is 39.9 Å². The van der Waals surface area contributed by atoms with Gasteiger partial charge in [0.25, 0.3) is 0 Å². The van der Waals surface area contributed by atoms with E-state index in [-0.39, 0.29) is 21.1 Å². The monoisotopic (exact) mass is 599 g/mol. The molecule has 0 fully saturated rings. The summed E-state index contributed by atoms with van der Waals surface area (Å²) in [7, 11) is 0. The van der Waals surface area contributed by atoms with Gasteiger partial charge in [-0.05, 0) is 55.4 Å². The molecule has 5 aliphatic heterocycles. The van der Waals surface area contributed by atoms with Crippen LogP contribution in [0.5, 0.6) is 0 Å². The van der Waals surface area contributed by atoms with E-state index < -0.39 is 22.2 Å². The van der Waals surface area contributed by atoms with Gasteiger partial charge in [0.15, 0.2) is 11.7 Å². The summed E-state index contributed by atoms with van der Waals surface area (Å²) < 4.78 is 0. The van der Waals surface area contributed by atoms with Gasteiger partial charge in [0, 0.05) is 22.7 Å². The molecule has 0 N–H and O–H groups in total. The Morgan fingerprint density at radius 3 is 1.19 bits per heavy atom. The van der Waals surface area contributed by atoms with E-state index >= 15 is 0 Å². The maximum atomic E-state index is 4.77. The molecule has 5 rings (SSSR count). The van der Waals surface area contributed by atoms with Crippen molar-refractivity contribution in [2.75, 3.05) is 0 Å². The van der Waals surface area contributed by atoms with Crippen molar-refractivity contribution in [3.63, 3.8) is 0 Å². The third-order valence-electron chi connectivity index (χ3n) is 5.40. The van der Waals surface area contributed by atoms with Crippen molar-refractivity contribution in [3.8, 4) is 0 Å². The molecule has 0 aromatic rings. The number of fused-ring (bicyclic) bond motifs is 8. The minimum atomic E-state index is -0.628. The molecule has 0 saturated heterocycles. The van der Waals surface area contributed by atoms with Crippen LogP contribution >= 0.6 is 0 Å². The number of aliphatic imine (C=N–C) groups is 8. The third kappa shape index (κ3) is 3.35. The first kappa shape index (κ1) is 21.9. The summed E-state index contributed by atoms with van der Waals surface area (Å²) in [6.07, 6.45) is 0. The normalized spacial score (nSPS) is 27.6. The molecular formula is C20H24N10Pt. The molecule has 0 atom stereocenters. The molecule has 0 unspecified atom stereocenters. The first-order chi connectivity index (χ1) is 13.8. The molecule has 0 aliphatic carbocycles. The summed E-state index contributed by atoms with van der Waals surface area (Å²) in [6.45, 7) is 15.7. The van der Waals surface area contributed by atoms with E-state index in [9.17, 15) is 0 Å². The molecule has 5 aliphatic rings. The zero-order valence-corrected chi connectivity index (χ0v) is 21.1. The summed E-state index contributed by atoms with van der Waals surface area (Å²) in [5, 5.41) is 9.33. The van der Waals surface area contributed by atoms with Crippen LogP contribution in [0.25, 0.3) is 10.6 Å². The Morgan fingerprint density at radius 2 is 0.839 bits per heavy atom. The zero-order valence-electron chi connectivity index (χ0n) is 18.8. The van der Waals surface area contributed by atoms with Crippen molar-refractivity contribution in [3.05, 3.63) is 10.6 Å². The van der Waals surface area contributed by atoms with Gasteiger partial charge in [-0.3, -0.25) is 9.98 Å². The quantitative estimate of drug-likeness (QED) is 0.406. The minimum Gasteiger partial charge on any atom is -0.381 e. The van der Waals surface area contributed by atoms with Gasteiger partial charge < -0.3 is 30.6 Å². The van der Waals surface area contributed by atoms with Crippen LogP contribution in [-0.2, 0) is 21.1 Å². The summed E-state index contributed by atoms with van der Waals surface area (Å²) >= 11 is 0. The van der Waals surface area contributed by atoms with Gasteiger partial charge in [-0.2, -0.15) is 0 Å². The number of rotatable bonds is 0. The van der Waals surface area contributed by atoms with Gasteiger partial charge in [-0.1, -0.05) is 0 Å². The van der Waals surface area contributed by atoms with E-state index in [1.807, 2.05) is 55.4 Å². The molecule has 11 heteroatoms. The molecule has 0 aromatic carbocycles. The van der Waals surface area contributed by atoms with Crippen LogP contribution in [0, 0.1) is 0 Å². The van der Waals surface area contributed by atoms with Crippen molar-refractivity contribution in [2.24, 2.45) is 39.9 Å². The Bertz CT molecular complexity index is 1050. The fourth-order valence-corrected chi connectivity index (χ4v) is 3.56. The molecule has 0 aromatic heterocycles. The molecule has 0 spiro atoms. The Hall–Kier alpha value is -2.35. The van der Waals surface area contributed by atoms with E-state index in [4.69, 9.17) is 30.0 Å². The first-order valence-electron chi connectivity index (χ1n) is 9.97. The predicted octanol–water partition coefficient (Wildman–Crippen LogP) is 3.10. The fourth-order valence-electron chi connectivity index (χ4n) is 3.56. The van der Waals surface area contributed by atoms with Crippen LogP contribution in [-0.4, -0.2) is 68.8 Å². The van der Waals surface area contributed by atoms with Gasteiger partial charge in [-0.25, -0.2) is 9.98 Å². The summed E-state index contributed by atoms with van der Waals surface area (Å²) in [6, 6.07) is 0. The topological polar surface area (TPSA) is 127 Å². The molecule has 8 bridgehead atoms. The third-order valence-corrected chi connectivity index (χ3v) is 5.40. The van der Waals surface area contributed by atoms with Gasteiger partial charge in [-0.15, -0.1) is 0 Å². The van der Waals surface area contributed by atoms with Crippen molar-refractivity contribution in [1.29, 1.82) is 0 Å². The maximum Gasteiger partial charge on any atom is 2.00 e. The summed E-state index contributed by atoms with van der Waals surface area (Å²) in [5.74, 6) is 4.03. The van der Waals surface area contributed by atoms with Gasteiger partial charge in [0.2, 0.25) is 0 Å². The maximum absolute atomic E-state index is 4.77. The van der Waals surface area contributed by atoms with Crippen LogP contribution in [0.4, 0.5) is 0 Å². The second kappa shape index (κ2) is 6.34. The number of hydrogen-bond acceptors (Lipinski definition) is 8. The number of amidine groups is 8. The average Bonchev–Trinajstić information content (AvgIpc) is 3.25. The largest absolute Gasteiger partial charge is 2.00 e. The van der Waals surface area contributed by atoms with Crippen LogP contribution < -0.4 is 0 Å². The second-order valence-electron chi connectivity index (χ2n) is 9.94. The Balaban J connectivity index is 0.00000231. The van der Waals surface area contributed by atoms with E-state index in [0.29, 0.717) is 46.7 Å². The molecule has 164 valence electrons. The Kier molecular flexibility index (Phi) is 4.47. The van der Waals surface area contributed by atoms with Crippen molar-refractivity contribution in [1.82, 2.24) is 0 Å². The second-order valence-corrected chi connectivity index (χ2v) is 9.94. The van der Waals surface area contributed by atoms with Crippen LogP contribution in [0.3, 0.4) is 0 Å². The molecule has 0 saturated carbocycles. The number of hydrogen-bond donors (Lipinski definition) is 0. The standard InChI is InChI=1S/C20H24N10.Pt/c1-17(2)13-21-9(27-17)10-22-15(19(5,6)28-10)26-16-20(7,8)30-12(24-16)11-23-14(25-13)18(3,4)29-11;/h1-8H3;/q-2;+2. The van der Waals surface area contributed by atoms with Gasteiger partial charge in [0.1, 0.15) is 11.1 Å². The van der Waals surface area contributed by atoms with E-state index in [2.05, 4.69) is 20.6 Å². The van der Waals surface area contributed by atoms with Crippen LogP contribution in [0.2, 0.25) is 0 Å². The predicted molar refractivity (Wildman–Crippen MR) is 123 cm³/mol. The zero-order chi connectivity index (χ0) is 21.7. The number of nitrogens with zero attached hydrogens (tertiary/aromatic N) is 10. The van der Waals surface area contributed by atoms with Crippen molar-refractivity contribution >= 4 is 46.7 Å². The minimum absolute atomic E-state index is 0. The molecule has 0 amide bonds. The van der Waals surface area contributed by atoms with Crippen LogP contribution in [0.1, 0.15) is 55.4 Å². The summed E-state index contributed by atoms with van der Waals surface area (Å²) in [5.41, 5.74) is -2.51. The van der Waals surface area contributed by atoms with E-state index in [0.717, 1.165) is 0 Å². The van der Waals surface area contributed by atoms with E-state index in [1.165, 1.54) is 0 Å². The molecule has 5 heterocycles. The molecule has 0 radical (unpaired) electrons. The molecule has 31 heavy (non-hydrogen) atoms. The summed E-state index contributed by atoms with van der Waals surface area (Å²) in [4.78, 5) is 37.8. The Morgan fingerprint density at radius 1 is 0.484 bits per heavy atom. The Labute approximate surface area is 195 Å². The van der Waals surface area contributed by atoms with Crippen molar-refractivity contribution < 1.29 is 21.1 Å². The fraction of sp³-hybridized carbons (Fsp3) is 0.600. The van der Waals surface area contributed by atoms with E-state index in [1.54, 1.807) is 0 Å². The smallest absolute Gasteiger partial charge is 0.381 e. The SMILES string of the molecule is CC1(C)N=C2N=C1N=C1[N-]C(=NC1(C)C)C1=NC(C)(C)C(=N1)N=C1[N-]C2=NC1(C)C.[Pt+2]. The molecule has 10 nitrogen and oxygen atoms in total. The molecular weight excluding hydrogens is 575 g/mol.